The average molecular weight is 591 g/mol. The number of nitrogens with zero attached hydrogens (tertiary/aromatic N) is 4. The van der Waals surface area contributed by atoms with Crippen LogP contribution < -0.4 is 16.0 Å². The van der Waals surface area contributed by atoms with E-state index < -0.39 is 11.9 Å². The summed E-state index contributed by atoms with van der Waals surface area (Å²) in [6.07, 6.45) is 0.833. The van der Waals surface area contributed by atoms with Crippen LogP contribution >= 0.6 is 23.1 Å². The van der Waals surface area contributed by atoms with Crippen LogP contribution in [0.25, 0.3) is 0 Å². The van der Waals surface area contributed by atoms with E-state index in [1.165, 1.54) is 23.5 Å². The molecule has 13 heteroatoms. The smallest absolute Gasteiger partial charge is 0.335 e. The van der Waals surface area contributed by atoms with Crippen LogP contribution in [-0.2, 0) is 9.59 Å². The topological polar surface area (TPSA) is 175 Å². The Morgan fingerprint density at radius 2 is 2.07 bits per heavy atom. The van der Waals surface area contributed by atoms with Crippen LogP contribution in [0.3, 0.4) is 0 Å². The molecule has 0 radical (unpaired) electrons. The standard InChI is InChI=1S/C28H26N6O5S2/c1-14-7-8-20(39-14)22-17(12-29)24(30)34(18-10-28(2,3)11-19(35)23(18)22)26-32-33-27(41-26)40-13-21(36)31-16-6-4-5-15(9-16)25(37)38/h4-9,22H,10-11,13,30H2,1-3H3,(H,31,36)(H,37,38). The monoisotopic (exact) mass is 590 g/mol. The van der Waals surface area contributed by atoms with Crippen LogP contribution in [-0.4, -0.2) is 38.7 Å². The number of thioether (sulfide) groups is 1. The number of aromatic carboxylic acids is 1. The third-order valence-corrected chi connectivity index (χ3v) is 8.78. The van der Waals surface area contributed by atoms with Crippen LogP contribution in [0, 0.1) is 23.7 Å². The molecule has 1 aliphatic heterocycles. The summed E-state index contributed by atoms with van der Waals surface area (Å²) in [5.74, 6) is -0.935. The number of allylic oxidation sites excluding steroid dienone is 3. The number of anilines is 2. The van der Waals surface area contributed by atoms with Crippen molar-refractivity contribution in [2.45, 2.75) is 43.9 Å². The number of nitrogens with one attached hydrogen (secondary N) is 1. The van der Waals surface area contributed by atoms with Gasteiger partial charge in [0.25, 0.3) is 0 Å². The van der Waals surface area contributed by atoms with Gasteiger partial charge in [0, 0.05) is 23.4 Å². The number of nitriles is 1. The molecule has 5 rings (SSSR count). The minimum Gasteiger partial charge on any atom is -0.478 e. The molecule has 2 aromatic heterocycles. The van der Waals surface area contributed by atoms with Gasteiger partial charge in [-0.25, -0.2) is 4.79 Å². The molecular weight excluding hydrogens is 564 g/mol. The summed E-state index contributed by atoms with van der Waals surface area (Å²) in [4.78, 5) is 38.9. The summed E-state index contributed by atoms with van der Waals surface area (Å²) >= 11 is 2.34. The van der Waals surface area contributed by atoms with E-state index in [0.717, 1.165) is 11.8 Å². The lowest BCUT2D eigenvalue weighted by Gasteiger charge is -2.42. The number of furan rings is 1. The number of benzene rings is 1. The fourth-order valence-electron chi connectivity index (χ4n) is 5.03. The van der Waals surface area contributed by atoms with Gasteiger partial charge in [-0.3, -0.25) is 14.5 Å². The normalized spacial score (nSPS) is 18.2. The van der Waals surface area contributed by atoms with Crippen LogP contribution in [0.4, 0.5) is 10.8 Å². The molecule has 2 aliphatic rings. The lowest BCUT2D eigenvalue weighted by Crippen LogP contribution is -2.42. The molecule has 0 spiro atoms. The van der Waals surface area contributed by atoms with Crippen molar-refractivity contribution < 1.29 is 23.9 Å². The van der Waals surface area contributed by atoms with Crippen molar-refractivity contribution in [3.05, 3.63) is 76.1 Å². The van der Waals surface area contributed by atoms with Gasteiger partial charge in [0.05, 0.1) is 28.9 Å². The second-order valence-corrected chi connectivity index (χ2v) is 12.7. The van der Waals surface area contributed by atoms with Crippen LogP contribution in [0.5, 0.6) is 0 Å². The van der Waals surface area contributed by atoms with Gasteiger partial charge in [0.15, 0.2) is 10.1 Å². The Labute approximate surface area is 243 Å². The molecule has 4 N–H and O–H groups in total. The van der Waals surface area contributed by atoms with Crippen molar-refractivity contribution in [2.75, 3.05) is 16.0 Å². The number of aromatic nitrogens is 2. The number of ketones is 1. The number of carboxylic acid groups (broad SMARTS) is 1. The first-order chi connectivity index (χ1) is 19.5. The highest BCUT2D eigenvalue weighted by molar-refractivity contribution is 8.01. The fraction of sp³-hybridized carbons (Fsp3) is 0.286. The highest BCUT2D eigenvalue weighted by Crippen LogP contribution is 2.51. The molecule has 1 aliphatic carbocycles. The molecule has 3 heterocycles. The lowest BCUT2D eigenvalue weighted by molar-refractivity contribution is -0.118. The molecule has 0 bridgehead atoms. The first-order valence-corrected chi connectivity index (χ1v) is 14.4. The van der Waals surface area contributed by atoms with Gasteiger partial charge in [0.1, 0.15) is 17.3 Å². The van der Waals surface area contributed by atoms with Gasteiger partial charge in [-0.05, 0) is 49.1 Å². The molecule has 1 amide bonds. The number of Topliss-reactive ketones (excluding diaryl/α,β-unsaturated/α-hetero) is 1. The van der Waals surface area contributed by atoms with Crippen molar-refractivity contribution in [1.82, 2.24) is 10.2 Å². The van der Waals surface area contributed by atoms with Crippen LogP contribution in [0.1, 0.15) is 54.5 Å². The van der Waals surface area contributed by atoms with Crippen molar-refractivity contribution in [3.63, 3.8) is 0 Å². The molecule has 11 nitrogen and oxygen atoms in total. The maximum Gasteiger partial charge on any atom is 0.335 e. The predicted molar refractivity (Wildman–Crippen MR) is 153 cm³/mol. The van der Waals surface area contributed by atoms with E-state index in [1.807, 2.05) is 13.8 Å². The van der Waals surface area contributed by atoms with Crippen LogP contribution in [0.2, 0.25) is 0 Å². The van der Waals surface area contributed by atoms with E-state index in [0.29, 0.717) is 50.8 Å². The van der Waals surface area contributed by atoms with Gasteiger partial charge in [-0.1, -0.05) is 43.0 Å². The summed E-state index contributed by atoms with van der Waals surface area (Å²) in [5.41, 5.74) is 8.02. The quantitative estimate of drug-likeness (QED) is 0.322. The second kappa shape index (κ2) is 10.9. The zero-order chi connectivity index (χ0) is 29.5. The Kier molecular flexibility index (Phi) is 7.46. The maximum atomic E-state index is 13.6. The Hall–Kier alpha value is -4.41. The molecule has 3 aromatic rings. The number of hydrogen-bond donors (Lipinski definition) is 3. The number of rotatable bonds is 7. The minimum absolute atomic E-state index is 0.0000809. The number of aryl methyl sites for hydroxylation is 1. The number of hydrogen-bond acceptors (Lipinski definition) is 11. The largest absolute Gasteiger partial charge is 0.478 e. The summed E-state index contributed by atoms with van der Waals surface area (Å²) < 4.78 is 6.35. The van der Waals surface area contributed by atoms with E-state index in [9.17, 15) is 19.6 Å². The van der Waals surface area contributed by atoms with Gasteiger partial charge < -0.3 is 20.6 Å². The van der Waals surface area contributed by atoms with Crippen molar-refractivity contribution >= 4 is 51.6 Å². The van der Waals surface area contributed by atoms with Gasteiger partial charge in [-0.15, -0.1) is 10.2 Å². The Balaban J connectivity index is 1.42. The fourth-order valence-corrected chi connectivity index (χ4v) is 6.71. The third-order valence-electron chi connectivity index (χ3n) is 6.73. The molecule has 0 saturated carbocycles. The second-order valence-electron chi connectivity index (χ2n) is 10.5. The Bertz CT molecular complexity index is 1680. The summed E-state index contributed by atoms with van der Waals surface area (Å²) in [6, 6.07) is 11.7. The van der Waals surface area contributed by atoms with Crippen molar-refractivity contribution in [2.24, 2.45) is 11.1 Å². The molecule has 41 heavy (non-hydrogen) atoms. The summed E-state index contributed by atoms with van der Waals surface area (Å²) in [5, 5.41) is 30.9. The molecule has 1 unspecified atom stereocenters. The van der Waals surface area contributed by atoms with E-state index in [4.69, 9.17) is 15.3 Å². The third kappa shape index (κ3) is 5.61. The molecule has 210 valence electrons. The van der Waals surface area contributed by atoms with Crippen molar-refractivity contribution in [3.8, 4) is 6.07 Å². The zero-order valence-electron chi connectivity index (χ0n) is 22.4. The molecular formula is C28H26N6O5S2. The van der Waals surface area contributed by atoms with Gasteiger partial charge >= 0.3 is 5.97 Å². The van der Waals surface area contributed by atoms with E-state index in [-0.39, 0.29) is 39.8 Å². The summed E-state index contributed by atoms with van der Waals surface area (Å²) in [7, 11) is 0. The minimum atomic E-state index is -1.09. The molecule has 1 atom stereocenters. The molecule has 0 saturated heterocycles. The first kappa shape index (κ1) is 28.1. The van der Waals surface area contributed by atoms with E-state index in [1.54, 1.807) is 36.1 Å². The molecule has 1 aromatic carbocycles. The summed E-state index contributed by atoms with van der Waals surface area (Å²) in [6.45, 7) is 5.81. The number of nitrogens with two attached hydrogens (primary N) is 1. The number of carbonyl (C=O) groups excluding carboxylic acids is 2. The first-order valence-electron chi connectivity index (χ1n) is 12.6. The Morgan fingerprint density at radius 1 is 1.29 bits per heavy atom. The van der Waals surface area contributed by atoms with Crippen LogP contribution in [0.15, 0.2) is 67.8 Å². The van der Waals surface area contributed by atoms with E-state index in [2.05, 4.69) is 21.6 Å². The number of amides is 1. The predicted octanol–water partition coefficient (Wildman–Crippen LogP) is 4.81. The van der Waals surface area contributed by atoms with Gasteiger partial charge in [0.2, 0.25) is 11.0 Å². The van der Waals surface area contributed by atoms with E-state index >= 15 is 0 Å². The maximum absolute atomic E-state index is 13.6. The lowest BCUT2D eigenvalue weighted by atomic mass is 9.69. The number of carbonyl (C=O) groups is 3. The van der Waals surface area contributed by atoms with Crippen molar-refractivity contribution in [1.29, 1.82) is 5.26 Å². The average Bonchev–Trinajstić information content (AvgIpc) is 3.55. The highest BCUT2D eigenvalue weighted by atomic mass is 32.2. The SMILES string of the molecule is Cc1ccc(C2C(C#N)=C(N)N(c3nnc(SCC(=O)Nc4cccc(C(=O)O)c4)s3)C3=C2C(=O)CC(C)(C)C3)o1. The zero-order valence-corrected chi connectivity index (χ0v) is 24.1. The number of carboxylic acids is 1. The van der Waals surface area contributed by atoms with Gasteiger partial charge in [-0.2, -0.15) is 5.26 Å². The highest BCUT2D eigenvalue weighted by Gasteiger charge is 2.46. The Morgan fingerprint density at radius 3 is 2.76 bits per heavy atom. The molecule has 0 fully saturated rings.